The lowest BCUT2D eigenvalue weighted by molar-refractivity contribution is 0.479. The molecule has 4 nitrogen and oxygen atoms in total. The Labute approximate surface area is 246 Å². The van der Waals surface area contributed by atoms with E-state index >= 15 is 0 Å². The van der Waals surface area contributed by atoms with Crippen molar-refractivity contribution in [3.63, 3.8) is 0 Å². The first-order valence-electron chi connectivity index (χ1n) is 14.1. The minimum Gasteiger partial charge on any atom is -0.504 e. The number of para-hydroxylation sites is 1. The van der Waals surface area contributed by atoms with Gasteiger partial charge in [-0.2, -0.15) is 0 Å². The van der Waals surface area contributed by atoms with Crippen LogP contribution >= 0.6 is 0 Å². The summed E-state index contributed by atoms with van der Waals surface area (Å²) < 4.78 is 0. The average Bonchev–Trinajstić information content (AvgIpc) is 3.01. The van der Waals surface area contributed by atoms with Gasteiger partial charge in [-0.15, -0.1) is 0 Å². The monoisotopic (exact) mass is 543 g/mol. The molecule has 0 radical (unpaired) electrons. The highest BCUT2D eigenvalue weighted by atomic mass is 16.3. The van der Waals surface area contributed by atoms with E-state index in [2.05, 4.69) is 86.0 Å². The Morgan fingerprint density at radius 2 is 1.50 bits per heavy atom. The van der Waals surface area contributed by atoms with Crippen LogP contribution in [0.2, 0.25) is 0 Å². The first kappa shape index (κ1) is 25.6. The van der Waals surface area contributed by atoms with Gasteiger partial charge < -0.3 is 5.11 Å². The molecule has 202 valence electrons. The summed E-state index contributed by atoms with van der Waals surface area (Å²) in [6, 6.07) is 36.8. The minimum absolute atomic E-state index is 0.0939. The van der Waals surface area contributed by atoms with Crippen molar-refractivity contribution in [2.24, 2.45) is 0 Å². The average molecular weight is 544 g/mol. The van der Waals surface area contributed by atoms with Crippen molar-refractivity contribution in [1.29, 1.82) is 0 Å². The molecule has 42 heavy (non-hydrogen) atoms. The van der Waals surface area contributed by atoms with Crippen LogP contribution < -0.4 is 4.90 Å². The van der Waals surface area contributed by atoms with Crippen LogP contribution in [0.15, 0.2) is 115 Å². The highest BCUT2D eigenvalue weighted by molar-refractivity contribution is 5.90. The molecule has 0 spiro atoms. The molecule has 1 aliphatic heterocycles. The fourth-order valence-corrected chi connectivity index (χ4v) is 5.86. The van der Waals surface area contributed by atoms with Gasteiger partial charge in [-0.1, -0.05) is 86.4 Å². The normalized spacial score (nSPS) is 13.2. The van der Waals surface area contributed by atoms with E-state index in [0.717, 1.165) is 45.0 Å². The lowest BCUT2D eigenvalue weighted by Crippen LogP contribution is -2.31. The number of phenols is 1. The number of aromatic nitrogens is 2. The summed E-state index contributed by atoms with van der Waals surface area (Å²) in [7, 11) is 0. The molecule has 2 aromatic heterocycles. The second-order valence-corrected chi connectivity index (χ2v) is 11.2. The highest BCUT2D eigenvalue weighted by Gasteiger charge is 2.37. The van der Waals surface area contributed by atoms with Crippen molar-refractivity contribution >= 4 is 28.1 Å². The van der Waals surface area contributed by atoms with Crippen LogP contribution in [0.1, 0.15) is 41.7 Å². The van der Waals surface area contributed by atoms with E-state index < -0.39 is 0 Å². The molecule has 6 aromatic rings. The Hall–Kier alpha value is -5.40. The number of aromatic hydroxyl groups is 1. The van der Waals surface area contributed by atoms with Crippen molar-refractivity contribution in [2.45, 2.75) is 26.2 Å². The zero-order valence-electron chi connectivity index (χ0n) is 23.8. The number of rotatable bonds is 2. The predicted octanol–water partition coefficient (Wildman–Crippen LogP) is 8.82. The molecule has 0 amide bonds. The lowest BCUT2D eigenvalue weighted by Gasteiger charge is -2.41. The summed E-state index contributed by atoms with van der Waals surface area (Å²) in [6.45, 7) is 6.64. The van der Waals surface area contributed by atoms with Gasteiger partial charge in [-0.3, -0.25) is 4.90 Å². The molecule has 4 heteroatoms. The van der Waals surface area contributed by atoms with Crippen LogP contribution in [0.4, 0.5) is 17.2 Å². The van der Waals surface area contributed by atoms with E-state index in [1.165, 1.54) is 11.1 Å². The van der Waals surface area contributed by atoms with Gasteiger partial charge in [-0.05, 0) is 72.1 Å². The predicted molar refractivity (Wildman–Crippen MR) is 171 cm³/mol. The van der Waals surface area contributed by atoms with Crippen molar-refractivity contribution in [3.8, 4) is 28.8 Å². The molecule has 4 aromatic carbocycles. The lowest BCUT2D eigenvalue weighted by atomic mass is 9.73. The summed E-state index contributed by atoms with van der Waals surface area (Å²) in [5, 5.41) is 12.1. The number of nitrogens with zero attached hydrogens (tertiary/aromatic N) is 3. The number of benzene rings is 4. The minimum atomic E-state index is -0.202. The topological polar surface area (TPSA) is 49.2 Å². The van der Waals surface area contributed by atoms with Gasteiger partial charge in [0.15, 0.2) is 5.75 Å². The second kappa shape index (κ2) is 9.90. The van der Waals surface area contributed by atoms with Crippen molar-refractivity contribution < 1.29 is 5.11 Å². The Morgan fingerprint density at radius 1 is 0.738 bits per heavy atom. The smallest absolute Gasteiger partial charge is 0.157 e. The molecule has 0 fully saturated rings. The first-order chi connectivity index (χ1) is 20.4. The molecular formula is C38H29N3O. The third kappa shape index (κ3) is 4.27. The number of pyridine rings is 2. The van der Waals surface area contributed by atoms with Crippen LogP contribution in [0.25, 0.3) is 22.2 Å². The number of aryl methyl sites for hydroxylation is 1. The van der Waals surface area contributed by atoms with Crippen molar-refractivity contribution in [3.05, 3.63) is 143 Å². The molecular weight excluding hydrogens is 514 g/mol. The molecule has 7 rings (SSSR count). The maximum Gasteiger partial charge on any atom is 0.157 e. The van der Waals surface area contributed by atoms with Gasteiger partial charge in [0.25, 0.3) is 0 Å². The van der Waals surface area contributed by atoms with Gasteiger partial charge in [-0.25, -0.2) is 9.97 Å². The Kier molecular flexibility index (Phi) is 6.03. The van der Waals surface area contributed by atoms with Crippen molar-refractivity contribution in [1.82, 2.24) is 9.97 Å². The highest BCUT2D eigenvalue weighted by Crippen LogP contribution is 2.52. The third-order valence-electron chi connectivity index (χ3n) is 8.11. The van der Waals surface area contributed by atoms with E-state index in [0.29, 0.717) is 11.1 Å². The number of hydrogen-bond donors (Lipinski definition) is 1. The molecule has 1 N–H and O–H groups in total. The molecule has 0 unspecified atom stereocenters. The largest absolute Gasteiger partial charge is 0.504 e. The molecule has 0 saturated carbocycles. The van der Waals surface area contributed by atoms with Crippen LogP contribution in [0, 0.1) is 18.8 Å². The van der Waals surface area contributed by atoms with Gasteiger partial charge in [0.05, 0.1) is 22.6 Å². The Morgan fingerprint density at radius 3 is 2.33 bits per heavy atom. The summed E-state index contributed by atoms with van der Waals surface area (Å²) in [5.74, 6) is 7.22. The summed E-state index contributed by atoms with van der Waals surface area (Å²) in [6.07, 6.45) is 1.86. The number of hydrogen-bond acceptors (Lipinski definition) is 4. The zero-order chi connectivity index (χ0) is 28.8. The van der Waals surface area contributed by atoms with Crippen LogP contribution in [-0.2, 0) is 5.41 Å². The number of fused-ring (bicyclic) bond motifs is 3. The number of phenolic OH excluding ortho intramolecular Hbond substituents is 1. The first-order valence-corrected chi connectivity index (χ1v) is 14.1. The Bertz CT molecular complexity index is 2050. The molecule has 0 atom stereocenters. The van der Waals surface area contributed by atoms with Gasteiger partial charge in [0.1, 0.15) is 11.3 Å². The summed E-state index contributed by atoms with van der Waals surface area (Å²) in [5.41, 5.74) is 9.34. The van der Waals surface area contributed by atoms with Crippen LogP contribution in [0.3, 0.4) is 0 Å². The second-order valence-electron chi connectivity index (χ2n) is 11.2. The maximum atomic E-state index is 11.2. The number of anilines is 3. The van der Waals surface area contributed by atoms with E-state index in [-0.39, 0.29) is 11.2 Å². The van der Waals surface area contributed by atoms with E-state index in [1.807, 2.05) is 66.9 Å². The maximum absolute atomic E-state index is 11.2. The van der Waals surface area contributed by atoms with Crippen molar-refractivity contribution in [2.75, 3.05) is 4.90 Å². The molecule has 0 saturated heterocycles. The summed E-state index contributed by atoms with van der Waals surface area (Å²) >= 11 is 0. The standard InChI is InChI=1S/C38H29N3O/c1-25-21-22-39-35(23-25)41-33-12-8-7-11-30(33)38(2,3)31-19-17-29(24-34(31)41)32-20-18-27-15-16-28(37(42)36(27)40-32)14-13-26-9-5-4-6-10-26/h4-12,15-24,42H,1-3H3. The van der Waals surface area contributed by atoms with Crippen LogP contribution in [-0.4, -0.2) is 15.1 Å². The fourth-order valence-electron chi connectivity index (χ4n) is 5.86. The quantitative estimate of drug-likeness (QED) is 0.222. The summed E-state index contributed by atoms with van der Waals surface area (Å²) in [4.78, 5) is 12.0. The SMILES string of the molecule is Cc1ccnc(N2c3ccccc3C(C)(C)c3ccc(-c4ccc5ccc(C#Cc6ccccc6)c(O)c5n4)cc32)c1. The molecule has 0 aliphatic carbocycles. The van der Waals surface area contributed by atoms with Gasteiger partial charge >= 0.3 is 0 Å². The van der Waals surface area contributed by atoms with E-state index in [4.69, 9.17) is 9.97 Å². The third-order valence-corrected chi connectivity index (χ3v) is 8.11. The van der Waals surface area contributed by atoms with Gasteiger partial charge in [0, 0.05) is 28.1 Å². The van der Waals surface area contributed by atoms with Gasteiger partial charge in [0.2, 0.25) is 0 Å². The molecule has 0 bridgehead atoms. The van der Waals surface area contributed by atoms with E-state index in [1.54, 1.807) is 0 Å². The van der Waals surface area contributed by atoms with E-state index in [9.17, 15) is 5.11 Å². The Balaban J connectivity index is 1.37. The van der Waals surface area contributed by atoms with Crippen LogP contribution in [0.5, 0.6) is 5.75 Å². The molecule has 1 aliphatic rings. The molecule has 3 heterocycles. The zero-order valence-corrected chi connectivity index (χ0v) is 23.8. The fraction of sp³-hybridized carbons (Fsp3) is 0.105.